The van der Waals surface area contributed by atoms with Crippen LogP contribution in [0.15, 0.2) is 30.3 Å². The van der Waals surface area contributed by atoms with Crippen LogP contribution in [0.1, 0.15) is 12.5 Å². The van der Waals surface area contributed by atoms with Crippen molar-refractivity contribution in [3.8, 4) is 0 Å². The molecule has 0 aromatic heterocycles. The van der Waals surface area contributed by atoms with Gasteiger partial charge in [0.1, 0.15) is 0 Å². The van der Waals surface area contributed by atoms with Crippen molar-refractivity contribution in [3.63, 3.8) is 0 Å². The van der Waals surface area contributed by atoms with E-state index in [9.17, 15) is 0 Å². The number of hydrogen-bond acceptors (Lipinski definition) is 2. The molecule has 16 heavy (non-hydrogen) atoms. The van der Waals surface area contributed by atoms with Gasteiger partial charge in [0.25, 0.3) is 0 Å². The molecule has 0 radical (unpaired) electrons. The maximum Gasteiger partial charge on any atom is 0.0233 e. The lowest BCUT2D eigenvalue weighted by Crippen LogP contribution is -2.29. The molecule has 3 rings (SSSR count). The van der Waals surface area contributed by atoms with E-state index in [4.69, 9.17) is 5.73 Å². The largest absolute Gasteiger partial charge is 0.328 e. The molecule has 1 aliphatic carbocycles. The van der Waals surface area contributed by atoms with Crippen LogP contribution in [0.25, 0.3) is 0 Å². The molecule has 2 fully saturated rings. The highest BCUT2D eigenvalue weighted by atomic mass is 15.2. The maximum atomic E-state index is 5.97. The predicted molar refractivity (Wildman–Crippen MR) is 65.8 cm³/mol. The fraction of sp³-hybridized carbons (Fsp3) is 0.571. The average molecular weight is 216 g/mol. The first-order valence-corrected chi connectivity index (χ1v) is 6.27. The Kier molecular flexibility index (Phi) is 2.49. The Labute approximate surface area is 97.4 Å². The number of fused-ring (bicyclic) bond motifs is 1. The number of piperidine rings is 1. The fourth-order valence-corrected chi connectivity index (χ4v) is 3.41. The van der Waals surface area contributed by atoms with Gasteiger partial charge in [0, 0.05) is 25.7 Å². The fourth-order valence-electron chi connectivity index (χ4n) is 3.41. The summed E-state index contributed by atoms with van der Waals surface area (Å²) >= 11 is 0. The van der Waals surface area contributed by atoms with Crippen LogP contribution in [0, 0.1) is 17.8 Å². The van der Waals surface area contributed by atoms with Crippen molar-refractivity contribution in [1.29, 1.82) is 0 Å². The van der Waals surface area contributed by atoms with E-state index in [1.807, 2.05) is 0 Å². The Morgan fingerprint density at radius 2 is 1.88 bits per heavy atom. The van der Waals surface area contributed by atoms with Crippen molar-refractivity contribution < 1.29 is 0 Å². The van der Waals surface area contributed by atoms with Crippen molar-refractivity contribution in [3.05, 3.63) is 35.9 Å². The summed E-state index contributed by atoms with van der Waals surface area (Å²) in [4.78, 5) is 2.57. The van der Waals surface area contributed by atoms with E-state index in [2.05, 4.69) is 42.2 Å². The maximum absolute atomic E-state index is 5.97. The molecule has 1 saturated heterocycles. The average Bonchev–Trinajstić information content (AvgIpc) is 2.79. The molecule has 2 unspecified atom stereocenters. The van der Waals surface area contributed by atoms with Gasteiger partial charge in [-0.15, -0.1) is 0 Å². The predicted octanol–water partition coefficient (Wildman–Crippen LogP) is 1.71. The lowest BCUT2D eigenvalue weighted by molar-refractivity contribution is 0.270. The smallest absolute Gasteiger partial charge is 0.0233 e. The molecule has 2 N–H and O–H groups in total. The van der Waals surface area contributed by atoms with Gasteiger partial charge in [0.2, 0.25) is 0 Å². The Morgan fingerprint density at radius 3 is 2.44 bits per heavy atom. The molecule has 0 amide bonds. The zero-order valence-corrected chi connectivity index (χ0v) is 9.84. The zero-order valence-electron chi connectivity index (χ0n) is 9.84. The third-order valence-electron chi connectivity index (χ3n) is 4.19. The second-order valence-corrected chi connectivity index (χ2v) is 5.44. The summed E-state index contributed by atoms with van der Waals surface area (Å²) in [7, 11) is 0. The summed E-state index contributed by atoms with van der Waals surface area (Å²) < 4.78 is 0. The molecule has 1 aromatic carbocycles. The minimum Gasteiger partial charge on any atom is -0.328 e. The molecule has 86 valence electrons. The molecule has 0 spiro atoms. The van der Waals surface area contributed by atoms with Crippen LogP contribution in [0.5, 0.6) is 0 Å². The molecule has 2 heteroatoms. The highest BCUT2D eigenvalue weighted by Gasteiger charge is 2.56. The molecule has 4 atom stereocenters. The first-order chi connectivity index (χ1) is 7.75. The summed E-state index contributed by atoms with van der Waals surface area (Å²) in [6, 6.07) is 11.2. The number of nitrogens with zero attached hydrogens (tertiary/aromatic N) is 1. The summed E-state index contributed by atoms with van der Waals surface area (Å²) in [5, 5.41) is 0. The molecule has 1 aromatic rings. The SMILES string of the molecule is CC(N)C1[C@H]2CN(Cc3ccccc3)C[C@@H]12. The summed E-state index contributed by atoms with van der Waals surface area (Å²) in [5.74, 6) is 2.60. The van der Waals surface area contributed by atoms with Crippen molar-refractivity contribution in [2.24, 2.45) is 23.5 Å². The van der Waals surface area contributed by atoms with Gasteiger partial charge < -0.3 is 5.73 Å². The van der Waals surface area contributed by atoms with Gasteiger partial charge in [0.15, 0.2) is 0 Å². The third kappa shape index (κ3) is 1.76. The van der Waals surface area contributed by atoms with Crippen LogP contribution in [-0.4, -0.2) is 24.0 Å². The Hall–Kier alpha value is -0.860. The van der Waals surface area contributed by atoms with Gasteiger partial charge in [-0.25, -0.2) is 0 Å². The Bertz CT molecular complexity index is 348. The quantitative estimate of drug-likeness (QED) is 0.833. The Morgan fingerprint density at radius 1 is 1.25 bits per heavy atom. The van der Waals surface area contributed by atoms with E-state index < -0.39 is 0 Å². The van der Waals surface area contributed by atoms with Gasteiger partial charge in [-0.1, -0.05) is 30.3 Å². The van der Waals surface area contributed by atoms with E-state index in [1.54, 1.807) is 0 Å². The molecule has 2 nitrogen and oxygen atoms in total. The van der Waals surface area contributed by atoms with Crippen LogP contribution in [0.2, 0.25) is 0 Å². The zero-order chi connectivity index (χ0) is 11.1. The molecule has 1 aliphatic heterocycles. The van der Waals surface area contributed by atoms with E-state index in [0.29, 0.717) is 6.04 Å². The van der Waals surface area contributed by atoms with Gasteiger partial charge in [-0.2, -0.15) is 0 Å². The minimum atomic E-state index is 0.397. The van der Waals surface area contributed by atoms with Crippen LogP contribution in [0.4, 0.5) is 0 Å². The van der Waals surface area contributed by atoms with Gasteiger partial charge >= 0.3 is 0 Å². The van der Waals surface area contributed by atoms with Gasteiger partial charge in [0.05, 0.1) is 0 Å². The van der Waals surface area contributed by atoms with E-state index in [0.717, 1.165) is 24.3 Å². The molecular weight excluding hydrogens is 196 g/mol. The molecule has 0 bridgehead atoms. The lowest BCUT2D eigenvalue weighted by Gasteiger charge is -2.20. The number of hydrogen-bond donors (Lipinski definition) is 1. The van der Waals surface area contributed by atoms with Crippen molar-refractivity contribution in [1.82, 2.24) is 4.90 Å². The minimum absolute atomic E-state index is 0.397. The second kappa shape index (κ2) is 3.86. The van der Waals surface area contributed by atoms with E-state index >= 15 is 0 Å². The first-order valence-electron chi connectivity index (χ1n) is 6.27. The number of nitrogens with two attached hydrogens (primary N) is 1. The summed E-state index contributed by atoms with van der Waals surface area (Å²) in [6.07, 6.45) is 0. The summed E-state index contributed by atoms with van der Waals surface area (Å²) in [5.41, 5.74) is 7.40. The van der Waals surface area contributed by atoms with Crippen molar-refractivity contribution in [2.75, 3.05) is 13.1 Å². The van der Waals surface area contributed by atoms with Gasteiger partial charge in [-0.05, 0) is 30.2 Å². The highest BCUT2D eigenvalue weighted by Crippen LogP contribution is 2.53. The monoisotopic (exact) mass is 216 g/mol. The molecule has 1 heterocycles. The lowest BCUT2D eigenvalue weighted by atomic mass is 10.1. The Balaban J connectivity index is 1.55. The molecular formula is C14H20N2. The van der Waals surface area contributed by atoms with Crippen LogP contribution in [0.3, 0.4) is 0 Å². The third-order valence-corrected chi connectivity index (χ3v) is 4.19. The molecule has 2 aliphatic rings. The highest BCUT2D eigenvalue weighted by molar-refractivity contribution is 5.16. The van der Waals surface area contributed by atoms with E-state index in [-0.39, 0.29) is 0 Å². The first kappa shape index (κ1) is 10.3. The summed E-state index contributed by atoms with van der Waals surface area (Å²) in [6.45, 7) is 5.78. The van der Waals surface area contributed by atoms with E-state index in [1.165, 1.54) is 18.7 Å². The van der Waals surface area contributed by atoms with Crippen LogP contribution in [-0.2, 0) is 6.54 Å². The van der Waals surface area contributed by atoms with Crippen molar-refractivity contribution >= 4 is 0 Å². The van der Waals surface area contributed by atoms with Crippen LogP contribution >= 0.6 is 0 Å². The number of likely N-dealkylation sites (tertiary alicyclic amines) is 1. The topological polar surface area (TPSA) is 29.3 Å². The normalized spacial score (nSPS) is 34.8. The van der Waals surface area contributed by atoms with Crippen LogP contribution < -0.4 is 5.73 Å². The number of benzene rings is 1. The second-order valence-electron chi connectivity index (χ2n) is 5.44. The number of rotatable bonds is 3. The molecule has 1 saturated carbocycles. The standard InChI is InChI=1S/C14H20N2/c1-10(15)14-12-8-16(9-13(12)14)7-11-5-3-2-4-6-11/h2-6,10,12-14H,7-9,15H2,1H3/t10?,12-,13+,14?. The van der Waals surface area contributed by atoms with Gasteiger partial charge in [-0.3, -0.25) is 4.90 Å². The van der Waals surface area contributed by atoms with Crippen molar-refractivity contribution in [2.45, 2.75) is 19.5 Å².